The largest absolute Gasteiger partial charge is 0.324 e. The minimum Gasteiger partial charge on any atom is -0.324 e. The van der Waals surface area contributed by atoms with Crippen LogP contribution in [0.25, 0.3) is 0 Å². The van der Waals surface area contributed by atoms with Crippen LogP contribution >= 0.6 is 35.0 Å². The molecule has 0 bridgehead atoms. The summed E-state index contributed by atoms with van der Waals surface area (Å²) in [5.74, 6) is 0.707. The van der Waals surface area contributed by atoms with E-state index in [1.54, 1.807) is 30.0 Å². The first kappa shape index (κ1) is 16.2. The smallest absolute Gasteiger partial charge is 0.237 e. The Labute approximate surface area is 138 Å². The Morgan fingerprint density at radius 1 is 1.14 bits per heavy atom. The van der Waals surface area contributed by atoms with Crippen LogP contribution in [0.5, 0.6) is 0 Å². The Morgan fingerprint density at radius 2 is 1.86 bits per heavy atom. The van der Waals surface area contributed by atoms with Gasteiger partial charge in [0.15, 0.2) is 0 Å². The molecule has 2 aromatic rings. The molecule has 21 heavy (non-hydrogen) atoms. The number of hydrogen-bond acceptors (Lipinski definition) is 2. The van der Waals surface area contributed by atoms with Crippen LogP contribution in [0.2, 0.25) is 10.0 Å². The second kappa shape index (κ2) is 7.74. The van der Waals surface area contributed by atoms with Gasteiger partial charge in [0.2, 0.25) is 5.91 Å². The van der Waals surface area contributed by atoms with Gasteiger partial charge in [0.1, 0.15) is 0 Å². The maximum Gasteiger partial charge on any atom is 0.237 e. The number of thioether (sulfide) groups is 1. The number of amides is 1. The highest BCUT2D eigenvalue weighted by Crippen LogP contribution is 2.30. The number of halogens is 2. The van der Waals surface area contributed by atoms with Crippen molar-refractivity contribution in [3.05, 3.63) is 64.1 Å². The molecular weight excluding hydrogens is 325 g/mol. The molecule has 1 atom stereocenters. The Balaban J connectivity index is 1.92. The summed E-state index contributed by atoms with van der Waals surface area (Å²) in [5.41, 5.74) is 1.74. The van der Waals surface area contributed by atoms with Gasteiger partial charge in [-0.2, -0.15) is 0 Å². The van der Waals surface area contributed by atoms with Gasteiger partial charge in [0.05, 0.1) is 21.0 Å². The first-order valence-electron chi connectivity index (χ1n) is 6.48. The highest BCUT2D eigenvalue weighted by atomic mass is 35.5. The van der Waals surface area contributed by atoms with Gasteiger partial charge in [-0.1, -0.05) is 59.6 Å². The van der Waals surface area contributed by atoms with Crippen LogP contribution in [0.15, 0.2) is 48.5 Å². The van der Waals surface area contributed by atoms with E-state index in [0.717, 1.165) is 5.75 Å². The Morgan fingerprint density at radius 3 is 2.57 bits per heavy atom. The second-order valence-corrected chi connectivity index (χ2v) is 6.64. The quantitative estimate of drug-likeness (QED) is 0.805. The summed E-state index contributed by atoms with van der Waals surface area (Å²) in [5, 5.41) is 3.43. The molecule has 2 nitrogen and oxygen atoms in total. The Hall–Kier alpha value is -1.16. The third kappa shape index (κ3) is 4.67. The van der Waals surface area contributed by atoms with E-state index in [0.29, 0.717) is 15.7 Å². The number of rotatable bonds is 5. The minimum atomic E-state index is -0.180. The molecule has 1 unspecified atom stereocenters. The van der Waals surface area contributed by atoms with Crippen molar-refractivity contribution < 1.29 is 4.79 Å². The van der Waals surface area contributed by atoms with Crippen LogP contribution in [0, 0.1) is 0 Å². The molecule has 5 heteroatoms. The van der Waals surface area contributed by atoms with Crippen LogP contribution in [-0.4, -0.2) is 11.2 Å². The van der Waals surface area contributed by atoms with E-state index in [2.05, 4.69) is 5.32 Å². The number of benzene rings is 2. The molecule has 1 N–H and O–H groups in total. The molecule has 0 aliphatic heterocycles. The highest BCUT2D eigenvalue weighted by Gasteiger charge is 2.15. The van der Waals surface area contributed by atoms with Crippen molar-refractivity contribution in [2.45, 2.75) is 17.9 Å². The lowest BCUT2D eigenvalue weighted by atomic mass is 10.2. The Bertz CT molecular complexity index is 619. The van der Waals surface area contributed by atoms with E-state index >= 15 is 0 Å². The topological polar surface area (TPSA) is 29.1 Å². The number of carbonyl (C=O) groups is 1. The van der Waals surface area contributed by atoms with E-state index < -0.39 is 0 Å². The van der Waals surface area contributed by atoms with Crippen LogP contribution in [0.1, 0.15) is 12.5 Å². The Kier molecular flexibility index (Phi) is 5.97. The number of nitrogens with one attached hydrogen (secondary N) is 1. The van der Waals surface area contributed by atoms with Crippen LogP contribution < -0.4 is 5.32 Å². The van der Waals surface area contributed by atoms with Crippen molar-refractivity contribution in [2.24, 2.45) is 0 Å². The van der Waals surface area contributed by atoms with E-state index in [4.69, 9.17) is 23.2 Å². The fourth-order valence-electron chi connectivity index (χ4n) is 1.71. The van der Waals surface area contributed by atoms with Crippen molar-refractivity contribution in [3.63, 3.8) is 0 Å². The van der Waals surface area contributed by atoms with E-state index in [1.165, 1.54) is 5.56 Å². The van der Waals surface area contributed by atoms with Crippen LogP contribution in [0.3, 0.4) is 0 Å². The average molecular weight is 340 g/mol. The van der Waals surface area contributed by atoms with Crippen molar-refractivity contribution in [2.75, 3.05) is 5.32 Å². The van der Waals surface area contributed by atoms with Crippen molar-refractivity contribution in [3.8, 4) is 0 Å². The minimum absolute atomic E-state index is 0.0832. The maximum atomic E-state index is 12.2. The number of carbonyl (C=O) groups excluding carboxylic acids is 1. The van der Waals surface area contributed by atoms with Gasteiger partial charge in [0.25, 0.3) is 0 Å². The number of anilines is 1. The molecule has 0 spiro atoms. The van der Waals surface area contributed by atoms with Crippen LogP contribution in [0.4, 0.5) is 5.69 Å². The summed E-state index contributed by atoms with van der Waals surface area (Å²) in [6.07, 6.45) is 0. The first-order valence-corrected chi connectivity index (χ1v) is 8.29. The molecule has 2 rings (SSSR count). The third-order valence-electron chi connectivity index (χ3n) is 2.92. The molecule has 0 saturated heterocycles. The van der Waals surface area contributed by atoms with Crippen LogP contribution in [-0.2, 0) is 10.5 Å². The molecule has 0 fully saturated rings. The monoisotopic (exact) mass is 339 g/mol. The zero-order valence-corrected chi connectivity index (χ0v) is 13.8. The predicted octanol–water partition coefficient (Wildman–Crippen LogP) is 5.25. The molecule has 2 aromatic carbocycles. The molecular formula is C16H15Cl2NOS. The van der Waals surface area contributed by atoms with Gasteiger partial charge in [-0.05, 0) is 24.6 Å². The molecule has 0 radical (unpaired) electrons. The predicted molar refractivity (Wildman–Crippen MR) is 92.3 cm³/mol. The normalized spacial score (nSPS) is 12.0. The molecule has 1 amide bonds. The van der Waals surface area contributed by atoms with Gasteiger partial charge in [-0.25, -0.2) is 0 Å². The van der Waals surface area contributed by atoms with E-state index in [9.17, 15) is 4.79 Å². The SMILES string of the molecule is CC(SCc1ccccc1)C(=O)Nc1cccc(Cl)c1Cl. The summed E-state index contributed by atoms with van der Waals surface area (Å²) < 4.78 is 0. The molecule has 0 heterocycles. The molecule has 110 valence electrons. The average Bonchev–Trinajstić information content (AvgIpc) is 2.50. The molecule has 0 aliphatic carbocycles. The molecule has 0 aliphatic rings. The lowest BCUT2D eigenvalue weighted by Gasteiger charge is -2.13. The summed E-state index contributed by atoms with van der Waals surface area (Å²) in [6, 6.07) is 15.2. The lowest BCUT2D eigenvalue weighted by molar-refractivity contribution is -0.115. The van der Waals surface area contributed by atoms with Gasteiger partial charge in [-0.15, -0.1) is 11.8 Å². The first-order chi connectivity index (χ1) is 10.1. The zero-order valence-electron chi connectivity index (χ0n) is 11.5. The molecule has 0 aromatic heterocycles. The number of hydrogen-bond donors (Lipinski definition) is 1. The standard InChI is InChI=1S/C16H15Cl2NOS/c1-11(21-10-12-6-3-2-4-7-12)16(20)19-14-9-5-8-13(17)15(14)18/h2-9,11H,10H2,1H3,(H,19,20). The second-order valence-electron chi connectivity index (χ2n) is 4.53. The zero-order chi connectivity index (χ0) is 15.2. The lowest BCUT2D eigenvalue weighted by Crippen LogP contribution is -2.22. The maximum absolute atomic E-state index is 12.2. The van der Waals surface area contributed by atoms with Gasteiger partial charge in [0, 0.05) is 5.75 Å². The fraction of sp³-hybridized carbons (Fsp3) is 0.188. The summed E-state index contributed by atoms with van der Waals surface area (Å²) in [7, 11) is 0. The van der Waals surface area contributed by atoms with Gasteiger partial charge < -0.3 is 5.32 Å². The van der Waals surface area contributed by atoms with Crippen molar-refractivity contribution >= 4 is 46.6 Å². The summed E-state index contributed by atoms with van der Waals surface area (Å²) >= 11 is 13.6. The summed E-state index contributed by atoms with van der Waals surface area (Å²) in [4.78, 5) is 12.2. The van der Waals surface area contributed by atoms with E-state index in [1.807, 2.05) is 37.3 Å². The van der Waals surface area contributed by atoms with Crippen molar-refractivity contribution in [1.29, 1.82) is 0 Å². The highest BCUT2D eigenvalue weighted by molar-refractivity contribution is 7.99. The van der Waals surface area contributed by atoms with Crippen molar-refractivity contribution in [1.82, 2.24) is 0 Å². The molecule has 0 saturated carbocycles. The van der Waals surface area contributed by atoms with Gasteiger partial charge in [-0.3, -0.25) is 4.79 Å². The van der Waals surface area contributed by atoms with E-state index in [-0.39, 0.29) is 11.2 Å². The fourth-order valence-corrected chi connectivity index (χ4v) is 2.90. The third-order valence-corrected chi connectivity index (χ3v) is 4.95. The summed E-state index contributed by atoms with van der Waals surface area (Å²) in [6.45, 7) is 1.88. The van der Waals surface area contributed by atoms with Gasteiger partial charge >= 0.3 is 0 Å².